The zero-order chi connectivity index (χ0) is 10.8. The first-order valence-electron chi connectivity index (χ1n) is 4.78. The van der Waals surface area contributed by atoms with Crippen molar-refractivity contribution >= 4 is 17.5 Å². The maximum atomic E-state index is 11.9. The summed E-state index contributed by atoms with van der Waals surface area (Å²) in [6, 6.07) is 3.28. The highest BCUT2D eigenvalue weighted by atomic mass is 35.5. The molecular formula is C10H12ClNO3. The SMILES string of the molecule is CN(C(=O)c1ccc(Cl)o1)C1CCOC1. The average molecular weight is 230 g/mol. The van der Waals surface area contributed by atoms with Crippen molar-refractivity contribution in [3.63, 3.8) is 0 Å². The van der Waals surface area contributed by atoms with E-state index in [0.29, 0.717) is 13.2 Å². The van der Waals surface area contributed by atoms with Crippen molar-refractivity contribution in [3.05, 3.63) is 23.1 Å². The van der Waals surface area contributed by atoms with Crippen LogP contribution in [0.3, 0.4) is 0 Å². The standard InChI is InChI=1S/C10H12ClNO3/c1-12(7-4-5-14-6-7)10(13)8-2-3-9(11)15-8/h2-3,7H,4-6H2,1H3. The van der Waals surface area contributed by atoms with E-state index in [1.807, 2.05) is 0 Å². The molecule has 0 spiro atoms. The molecule has 1 atom stereocenters. The summed E-state index contributed by atoms with van der Waals surface area (Å²) in [7, 11) is 1.75. The maximum absolute atomic E-state index is 11.9. The van der Waals surface area contributed by atoms with E-state index < -0.39 is 0 Å². The van der Waals surface area contributed by atoms with E-state index in [4.69, 9.17) is 20.8 Å². The van der Waals surface area contributed by atoms with Gasteiger partial charge in [0.2, 0.25) is 0 Å². The fourth-order valence-electron chi connectivity index (χ4n) is 1.60. The normalized spacial score (nSPS) is 20.5. The molecule has 4 nitrogen and oxygen atoms in total. The van der Waals surface area contributed by atoms with Gasteiger partial charge in [0.15, 0.2) is 11.0 Å². The fraction of sp³-hybridized carbons (Fsp3) is 0.500. The number of carbonyl (C=O) groups is 1. The monoisotopic (exact) mass is 229 g/mol. The lowest BCUT2D eigenvalue weighted by Crippen LogP contribution is -2.37. The molecule has 0 aliphatic carbocycles. The number of hydrogen-bond donors (Lipinski definition) is 0. The Balaban J connectivity index is 2.06. The topological polar surface area (TPSA) is 42.7 Å². The van der Waals surface area contributed by atoms with Gasteiger partial charge in [0.05, 0.1) is 12.6 Å². The maximum Gasteiger partial charge on any atom is 0.289 e. The number of furan rings is 1. The predicted molar refractivity (Wildman–Crippen MR) is 55.0 cm³/mol. The molecule has 1 amide bonds. The number of likely N-dealkylation sites (N-methyl/N-ethyl adjacent to an activating group) is 1. The minimum atomic E-state index is -0.155. The molecule has 1 unspecified atom stereocenters. The van der Waals surface area contributed by atoms with Gasteiger partial charge in [-0.15, -0.1) is 0 Å². The van der Waals surface area contributed by atoms with E-state index in [9.17, 15) is 4.79 Å². The third-order valence-electron chi connectivity index (χ3n) is 2.56. The lowest BCUT2D eigenvalue weighted by Gasteiger charge is -2.21. The van der Waals surface area contributed by atoms with Crippen LogP contribution in [0.4, 0.5) is 0 Å². The van der Waals surface area contributed by atoms with Crippen molar-refractivity contribution in [2.75, 3.05) is 20.3 Å². The zero-order valence-corrected chi connectivity index (χ0v) is 9.16. The molecule has 2 rings (SSSR count). The predicted octanol–water partition coefficient (Wildman–Crippen LogP) is 1.79. The number of amides is 1. The Bertz CT molecular complexity index is 357. The van der Waals surface area contributed by atoms with Gasteiger partial charge in [-0.2, -0.15) is 0 Å². The Labute approximate surface area is 92.7 Å². The molecule has 15 heavy (non-hydrogen) atoms. The van der Waals surface area contributed by atoms with Gasteiger partial charge < -0.3 is 14.1 Å². The van der Waals surface area contributed by atoms with Gasteiger partial charge >= 0.3 is 0 Å². The van der Waals surface area contributed by atoms with Crippen LogP contribution in [0.5, 0.6) is 0 Å². The van der Waals surface area contributed by atoms with Crippen molar-refractivity contribution in [2.45, 2.75) is 12.5 Å². The Morgan fingerprint density at radius 1 is 1.60 bits per heavy atom. The third-order valence-corrected chi connectivity index (χ3v) is 2.76. The summed E-state index contributed by atoms with van der Waals surface area (Å²) < 4.78 is 10.3. The molecule has 0 radical (unpaired) electrons. The first-order valence-corrected chi connectivity index (χ1v) is 5.16. The van der Waals surface area contributed by atoms with Crippen LogP contribution in [0.25, 0.3) is 0 Å². The van der Waals surface area contributed by atoms with E-state index in [1.165, 1.54) is 0 Å². The summed E-state index contributed by atoms with van der Waals surface area (Å²) in [6.45, 7) is 1.30. The van der Waals surface area contributed by atoms with Crippen LogP contribution in [-0.2, 0) is 4.74 Å². The summed E-state index contributed by atoms with van der Waals surface area (Å²) in [5, 5.41) is 0.231. The second kappa shape index (κ2) is 4.24. The smallest absolute Gasteiger partial charge is 0.289 e. The Kier molecular flexibility index (Phi) is 2.98. The highest BCUT2D eigenvalue weighted by molar-refractivity contribution is 6.29. The fourth-order valence-corrected chi connectivity index (χ4v) is 1.74. The molecule has 2 heterocycles. The van der Waals surface area contributed by atoms with Gasteiger partial charge in [-0.25, -0.2) is 0 Å². The minimum Gasteiger partial charge on any atom is -0.440 e. The van der Waals surface area contributed by atoms with Gasteiger partial charge in [-0.3, -0.25) is 4.79 Å². The molecule has 1 saturated heterocycles. The minimum absolute atomic E-state index is 0.140. The van der Waals surface area contributed by atoms with Crippen molar-refractivity contribution in [2.24, 2.45) is 0 Å². The highest BCUT2D eigenvalue weighted by Gasteiger charge is 2.26. The van der Waals surface area contributed by atoms with Crippen LogP contribution in [0.2, 0.25) is 5.22 Å². The van der Waals surface area contributed by atoms with Crippen molar-refractivity contribution < 1.29 is 13.9 Å². The second-order valence-electron chi connectivity index (χ2n) is 3.54. The number of ether oxygens (including phenoxy) is 1. The third kappa shape index (κ3) is 2.16. The molecule has 5 heteroatoms. The number of carbonyl (C=O) groups excluding carboxylic acids is 1. The Morgan fingerprint density at radius 2 is 2.40 bits per heavy atom. The highest BCUT2D eigenvalue weighted by Crippen LogP contribution is 2.18. The van der Waals surface area contributed by atoms with E-state index >= 15 is 0 Å². The van der Waals surface area contributed by atoms with E-state index in [2.05, 4.69) is 0 Å². The van der Waals surface area contributed by atoms with Gasteiger partial charge in [0.1, 0.15) is 0 Å². The number of halogens is 1. The number of hydrogen-bond acceptors (Lipinski definition) is 3. The molecule has 0 saturated carbocycles. The van der Waals surface area contributed by atoms with E-state index in [0.717, 1.165) is 6.42 Å². The molecule has 0 N–H and O–H groups in total. The first-order chi connectivity index (χ1) is 7.18. The van der Waals surface area contributed by atoms with Crippen LogP contribution in [0, 0.1) is 0 Å². The first kappa shape index (κ1) is 10.5. The zero-order valence-electron chi connectivity index (χ0n) is 8.40. The van der Waals surface area contributed by atoms with Gasteiger partial charge in [-0.05, 0) is 30.2 Å². The van der Waals surface area contributed by atoms with Crippen LogP contribution in [0.15, 0.2) is 16.5 Å². The number of rotatable bonds is 2. The molecule has 1 aliphatic rings. The van der Waals surface area contributed by atoms with Crippen molar-refractivity contribution in [1.82, 2.24) is 4.90 Å². The molecule has 1 aliphatic heterocycles. The second-order valence-corrected chi connectivity index (χ2v) is 3.91. The van der Waals surface area contributed by atoms with Crippen molar-refractivity contribution in [3.8, 4) is 0 Å². The van der Waals surface area contributed by atoms with Crippen LogP contribution >= 0.6 is 11.6 Å². The lowest BCUT2D eigenvalue weighted by atomic mass is 10.2. The summed E-state index contributed by atoms with van der Waals surface area (Å²) in [4.78, 5) is 13.5. The van der Waals surface area contributed by atoms with Crippen LogP contribution in [-0.4, -0.2) is 37.1 Å². The van der Waals surface area contributed by atoms with Crippen molar-refractivity contribution in [1.29, 1.82) is 0 Å². The van der Waals surface area contributed by atoms with E-state index in [-0.39, 0.29) is 22.9 Å². The molecule has 1 aromatic rings. The lowest BCUT2D eigenvalue weighted by molar-refractivity contribution is 0.0680. The molecule has 0 aromatic carbocycles. The summed E-state index contributed by atoms with van der Waals surface area (Å²) in [5.74, 6) is 0.117. The quantitative estimate of drug-likeness (QED) is 0.777. The Hall–Kier alpha value is -1.00. The molecular weight excluding hydrogens is 218 g/mol. The largest absolute Gasteiger partial charge is 0.440 e. The summed E-state index contributed by atoms with van der Waals surface area (Å²) >= 11 is 5.61. The Morgan fingerprint density at radius 3 is 2.93 bits per heavy atom. The molecule has 1 aromatic heterocycles. The molecule has 1 fully saturated rings. The van der Waals surface area contributed by atoms with Gasteiger partial charge in [-0.1, -0.05) is 0 Å². The van der Waals surface area contributed by atoms with Crippen LogP contribution < -0.4 is 0 Å². The van der Waals surface area contributed by atoms with Crippen LogP contribution in [0.1, 0.15) is 17.0 Å². The van der Waals surface area contributed by atoms with Gasteiger partial charge in [0, 0.05) is 13.7 Å². The average Bonchev–Trinajstić information content (AvgIpc) is 2.85. The molecule has 0 bridgehead atoms. The summed E-state index contributed by atoms with van der Waals surface area (Å²) in [6.07, 6.45) is 0.872. The van der Waals surface area contributed by atoms with Gasteiger partial charge in [0.25, 0.3) is 5.91 Å². The number of nitrogens with zero attached hydrogens (tertiary/aromatic N) is 1. The summed E-state index contributed by atoms with van der Waals surface area (Å²) in [5.41, 5.74) is 0. The molecule has 82 valence electrons. The van der Waals surface area contributed by atoms with E-state index in [1.54, 1.807) is 24.1 Å².